The Kier molecular flexibility index (Phi) is 13.6. The van der Waals surface area contributed by atoms with Crippen LogP contribution in [0.1, 0.15) is 52.5 Å². The first-order valence-electron chi connectivity index (χ1n) is 9.67. The van der Waals surface area contributed by atoms with E-state index in [4.69, 9.17) is 4.74 Å². The van der Waals surface area contributed by atoms with Crippen molar-refractivity contribution in [3.8, 4) is 0 Å². The molecule has 0 aliphatic rings. The average Bonchev–Trinajstić information content (AvgIpc) is 2.62. The lowest BCUT2D eigenvalue weighted by atomic mass is 10.2. The van der Waals surface area contributed by atoms with E-state index < -0.39 is 5.60 Å². The minimum Gasteiger partial charge on any atom is -0.444 e. The smallest absolute Gasteiger partial charge is 0.410 e. The van der Waals surface area contributed by atoms with E-state index in [0.717, 1.165) is 43.9 Å². The van der Waals surface area contributed by atoms with Crippen LogP contribution in [0.3, 0.4) is 0 Å². The highest BCUT2D eigenvalue weighted by Crippen LogP contribution is 2.12. The normalized spacial score (nSPS) is 11.4. The zero-order chi connectivity index (χ0) is 20.1. The Bertz CT molecular complexity index is 576. The Morgan fingerprint density at radius 3 is 2.46 bits per heavy atom. The molecule has 0 saturated carbocycles. The second-order valence-corrected chi connectivity index (χ2v) is 7.40. The summed E-state index contributed by atoms with van der Waals surface area (Å²) >= 11 is 0. The van der Waals surface area contributed by atoms with Crippen LogP contribution >= 0.6 is 24.0 Å². The predicted molar refractivity (Wildman–Crippen MR) is 125 cm³/mol. The Balaban J connectivity index is 0.00000729. The number of nitrogens with one attached hydrogen (secondary N) is 2. The van der Waals surface area contributed by atoms with Gasteiger partial charge >= 0.3 is 6.09 Å². The lowest BCUT2D eigenvalue weighted by Crippen LogP contribution is -2.40. The van der Waals surface area contributed by atoms with Gasteiger partial charge in [-0.3, -0.25) is 9.98 Å². The van der Waals surface area contributed by atoms with Crippen LogP contribution in [-0.4, -0.2) is 54.2 Å². The number of ether oxygens (including phenoxy) is 1. The summed E-state index contributed by atoms with van der Waals surface area (Å²) in [6.07, 6.45) is 6.23. The number of halogens is 1. The van der Waals surface area contributed by atoms with Gasteiger partial charge in [0.1, 0.15) is 5.60 Å². The van der Waals surface area contributed by atoms with Gasteiger partial charge in [-0.1, -0.05) is 19.4 Å². The number of carbonyl (C=O) groups excluding carboxylic acids is 1. The van der Waals surface area contributed by atoms with Crippen molar-refractivity contribution in [3.05, 3.63) is 30.1 Å². The molecule has 1 rings (SSSR count). The molecule has 0 bridgehead atoms. The molecular weight excluding hydrogens is 469 g/mol. The lowest BCUT2D eigenvalue weighted by Gasteiger charge is -2.27. The molecule has 0 aromatic carbocycles. The highest BCUT2D eigenvalue weighted by atomic mass is 127. The molecule has 0 spiro atoms. The Hall–Kier alpha value is -1.58. The van der Waals surface area contributed by atoms with Crippen molar-refractivity contribution in [2.75, 3.05) is 26.7 Å². The minimum absolute atomic E-state index is 0. The number of guanidine groups is 1. The molecule has 0 unspecified atom stereocenters. The highest BCUT2D eigenvalue weighted by Gasteiger charge is 2.22. The minimum atomic E-state index is -0.520. The molecule has 0 fully saturated rings. The number of hydrogen-bond acceptors (Lipinski definition) is 4. The quantitative estimate of drug-likeness (QED) is 0.231. The van der Waals surface area contributed by atoms with Crippen LogP contribution in [0.15, 0.2) is 29.5 Å². The van der Waals surface area contributed by atoms with E-state index in [0.29, 0.717) is 13.1 Å². The maximum Gasteiger partial charge on any atom is 0.410 e. The van der Waals surface area contributed by atoms with Gasteiger partial charge in [0.25, 0.3) is 0 Å². The van der Waals surface area contributed by atoms with E-state index in [-0.39, 0.29) is 30.1 Å². The molecule has 1 amide bonds. The summed E-state index contributed by atoms with van der Waals surface area (Å²) in [5, 5.41) is 6.56. The highest BCUT2D eigenvalue weighted by molar-refractivity contribution is 14.0. The molecule has 0 saturated heterocycles. The number of unbranched alkanes of at least 4 members (excludes halogenated alkanes) is 1. The summed E-state index contributed by atoms with van der Waals surface area (Å²) in [6, 6.07) is 3.83. The Labute approximate surface area is 186 Å². The summed E-state index contributed by atoms with van der Waals surface area (Å²) in [6.45, 7) is 10.5. The number of aliphatic imine (C=N–C) groups is 1. The van der Waals surface area contributed by atoms with Crippen LogP contribution in [0.5, 0.6) is 0 Å². The topological polar surface area (TPSA) is 78.9 Å². The van der Waals surface area contributed by atoms with Gasteiger partial charge < -0.3 is 20.3 Å². The Morgan fingerprint density at radius 1 is 1.25 bits per heavy atom. The standard InChI is InChI=1S/C20H35N5O2.HI/c1-6-7-12-23-18(21-5)24-13-9-14-25(19(26)27-20(2,3)4)16-17-10-8-11-22-15-17;/h8,10-11,15H,6-7,9,12-14,16H2,1-5H3,(H2,21,23,24);1H. The SMILES string of the molecule is CCCCNC(=NC)NCCCN(Cc1cccnc1)C(=O)OC(C)(C)C.I. The predicted octanol–water partition coefficient (Wildman–Crippen LogP) is 3.79. The monoisotopic (exact) mass is 505 g/mol. The first-order valence-corrected chi connectivity index (χ1v) is 9.67. The summed E-state index contributed by atoms with van der Waals surface area (Å²) in [5.41, 5.74) is 0.460. The number of aromatic nitrogens is 1. The van der Waals surface area contributed by atoms with Crippen molar-refractivity contribution in [1.29, 1.82) is 0 Å². The van der Waals surface area contributed by atoms with E-state index in [1.54, 1.807) is 24.3 Å². The van der Waals surface area contributed by atoms with Gasteiger partial charge in [0.2, 0.25) is 0 Å². The summed E-state index contributed by atoms with van der Waals surface area (Å²) in [7, 11) is 1.76. The lowest BCUT2D eigenvalue weighted by molar-refractivity contribution is 0.0232. The summed E-state index contributed by atoms with van der Waals surface area (Å²) < 4.78 is 5.55. The van der Waals surface area contributed by atoms with Crippen molar-refractivity contribution in [2.45, 2.75) is 59.1 Å². The summed E-state index contributed by atoms with van der Waals surface area (Å²) in [4.78, 5) is 22.6. The maximum absolute atomic E-state index is 12.5. The maximum atomic E-state index is 12.5. The van der Waals surface area contributed by atoms with E-state index in [2.05, 4.69) is 27.5 Å². The van der Waals surface area contributed by atoms with E-state index >= 15 is 0 Å². The van der Waals surface area contributed by atoms with Gasteiger partial charge in [-0.05, 0) is 45.2 Å². The molecule has 28 heavy (non-hydrogen) atoms. The van der Waals surface area contributed by atoms with Gasteiger partial charge in [-0.15, -0.1) is 24.0 Å². The largest absolute Gasteiger partial charge is 0.444 e. The number of pyridine rings is 1. The van der Waals surface area contributed by atoms with Crippen molar-refractivity contribution in [3.63, 3.8) is 0 Å². The number of carbonyl (C=O) groups is 1. The zero-order valence-corrected chi connectivity index (χ0v) is 20.2. The van der Waals surface area contributed by atoms with E-state index in [1.165, 1.54) is 0 Å². The Morgan fingerprint density at radius 2 is 1.93 bits per heavy atom. The molecule has 1 heterocycles. The van der Waals surface area contributed by atoms with Gasteiger partial charge in [-0.2, -0.15) is 0 Å². The summed E-state index contributed by atoms with van der Waals surface area (Å²) in [5.74, 6) is 0.791. The van der Waals surface area contributed by atoms with Gasteiger partial charge in [0.15, 0.2) is 5.96 Å². The molecule has 1 aromatic rings. The van der Waals surface area contributed by atoms with Crippen molar-refractivity contribution >= 4 is 36.0 Å². The van der Waals surface area contributed by atoms with Gasteiger partial charge in [-0.25, -0.2) is 4.79 Å². The first kappa shape index (κ1) is 26.4. The molecular formula is C20H36IN5O2. The number of amides is 1. The molecule has 1 aromatic heterocycles. The van der Waals surface area contributed by atoms with Crippen LogP contribution in [0, 0.1) is 0 Å². The molecule has 0 aliphatic carbocycles. The molecule has 7 nitrogen and oxygen atoms in total. The fraction of sp³-hybridized carbons (Fsp3) is 0.650. The second kappa shape index (κ2) is 14.4. The van der Waals surface area contributed by atoms with Crippen molar-refractivity contribution < 1.29 is 9.53 Å². The second-order valence-electron chi connectivity index (χ2n) is 7.40. The van der Waals surface area contributed by atoms with Gasteiger partial charge in [0, 0.05) is 39.1 Å². The van der Waals surface area contributed by atoms with Crippen LogP contribution < -0.4 is 10.6 Å². The van der Waals surface area contributed by atoms with Crippen LogP contribution in [0.4, 0.5) is 4.79 Å². The molecule has 0 radical (unpaired) electrons. The third kappa shape index (κ3) is 12.0. The third-order valence-corrected chi connectivity index (χ3v) is 3.69. The molecule has 2 N–H and O–H groups in total. The van der Waals surface area contributed by atoms with Crippen molar-refractivity contribution in [2.24, 2.45) is 4.99 Å². The van der Waals surface area contributed by atoms with Gasteiger partial charge in [0.05, 0.1) is 6.54 Å². The number of rotatable bonds is 9. The van der Waals surface area contributed by atoms with Crippen LogP contribution in [0.25, 0.3) is 0 Å². The van der Waals surface area contributed by atoms with E-state index in [1.807, 2.05) is 32.9 Å². The van der Waals surface area contributed by atoms with Crippen LogP contribution in [0.2, 0.25) is 0 Å². The average molecular weight is 505 g/mol. The fourth-order valence-corrected chi connectivity index (χ4v) is 2.35. The number of nitrogens with zero attached hydrogens (tertiary/aromatic N) is 3. The van der Waals surface area contributed by atoms with Crippen LogP contribution in [-0.2, 0) is 11.3 Å². The molecule has 0 aliphatic heterocycles. The molecule has 0 atom stereocenters. The molecule has 8 heteroatoms. The zero-order valence-electron chi connectivity index (χ0n) is 17.8. The molecule has 160 valence electrons. The number of hydrogen-bond donors (Lipinski definition) is 2. The first-order chi connectivity index (χ1) is 12.9. The van der Waals surface area contributed by atoms with Crippen molar-refractivity contribution in [1.82, 2.24) is 20.5 Å². The fourth-order valence-electron chi connectivity index (χ4n) is 2.35. The third-order valence-electron chi connectivity index (χ3n) is 3.69. The van der Waals surface area contributed by atoms with E-state index in [9.17, 15) is 4.79 Å².